The van der Waals surface area contributed by atoms with E-state index in [0.29, 0.717) is 0 Å². The molecule has 0 bridgehead atoms. The predicted octanol–water partition coefficient (Wildman–Crippen LogP) is 4.61. The highest BCUT2D eigenvalue weighted by Gasteiger charge is 2.35. The fourth-order valence-corrected chi connectivity index (χ4v) is 3.08. The average Bonchev–Trinajstić information content (AvgIpc) is 2.50. The third-order valence-corrected chi connectivity index (χ3v) is 4.06. The van der Waals surface area contributed by atoms with Gasteiger partial charge in [0.1, 0.15) is 0 Å². The molecule has 0 fully saturated rings. The van der Waals surface area contributed by atoms with Crippen LogP contribution in [0.25, 0.3) is 11.1 Å². The summed E-state index contributed by atoms with van der Waals surface area (Å²) in [6, 6.07) is 13.5. The van der Waals surface area contributed by atoms with Crippen LogP contribution in [0.2, 0.25) is 0 Å². The molecule has 0 radical (unpaired) electrons. The molecule has 0 nitrogen and oxygen atoms in total. The maximum absolute atomic E-state index is 2.34. The van der Waals surface area contributed by atoms with Gasteiger partial charge in [0.2, 0.25) is 0 Å². The van der Waals surface area contributed by atoms with Crippen LogP contribution in [0.3, 0.4) is 0 Å². The van der Waals surface area contributed by atoms with Gasteiger partial charge >= 0.3 is 0 Å². The molecule has 3 rings (SSSR count). The summed E-state index contributed by atoms with van der Waals surface area (Å²) in [5.41, 5.74) is 8.70. The molecule has 0 N–H and O–H groups in total. The summed E-state index contributed by atoms with van der Waals surface area (Å²) < 4.78 is 0. The molecule has 17 heavy (non-hydrogen) atoms. The molecular weight excluding hydrogens is 204 g/mol. The van der Waals surface area contributed by atoms with Crippen molar-refractivity contribution in [3.63, 3.8) is 0 Å². The van der Waals surface area contributed by atoms with Crippen molar-refractivity contribution in [2.24, 2.45) is 0 Å². The number of rotatable bonds is 0. The quantitative estimate of drug-likeness (QED) is 0.610. The largest absolute Gasteiger partial charge is 0.0617 e. The van der Waals surface area contributed by atoms with Gasteiger partial charge in [-0.05, 0) is 41.7 Å². The van der Waals surface area contributed by atoms with E-state index >= 15 is 0 Å². The fraction of sp³-hybridized carbons (Fsp3) is 0.294. The van der Waals surface area contributed by atoms with E-state index in [1.807, 2.05) is 0 Å². The van der Waals surface area contributed by atoms with Gasteiger partial charge in [-0.15, -0.1) is 0 Å². The molecule has 0 amide bonds. The normalized spacial score (nSPS) is 15.5. The van der Waals surface area contributed by atoms with Gasteiger partial charge in [0.15, 0.2) is 0 Å². The molecule has 0 aromatic heterocycles. The second kappa shape index (κ2) is 3.22. The van der Waals surface area contributed by atoms with Crippen LogP contribution in [0, 0.1) is 13.8 Å². The van der Waals surface area contributed by atoms with E-state index in [2.05, 4.69) is 64.1 Å². The zero-order chi connectivity index (χ0) is 12.2. The van der Waals surface area contributed by atoms with Crippen LogP contribution in [0.5, 0.6) is 0 Å². The first-order valence-corrected chi connectivity index (χ1v) is 6.23. The third-order valence-electron chi connectivity index (χ3n) is 4.06. The first-order chi connectivity index (χ1) is 8.01. The zero-order valence-corrected chi connectivity index (χ0v) is 11.0. The molecule has 0 spiro atoms. The van der Waals surface area contributed by atoms with Gasteiger partial charge in [-0.1, -0.05) is 55.8 Å². The van der Waals surface area contributed by atoms with E-state index in [1.165, 1.54) is 33.4 Å². The number of benzene rings is 2. The van der Waals surface area contributed by atoms with Gasteiger partial charge < -0.3 is 0 Å². The van der Waals surface area contributed by atoms with E-state index in [9.17, 15) is 0 Å². The molecule has 2 aromatic rings. The highest BCUT2D eigenvalue weighted by Crippen LogP contribution is 2.49. The zero-order valence-electron chi connectivity index (χ0n) is 11.0. The Morgan fingerprint density at radius 1 is 0.882 bits per heavy atom. The highest BCUT2D eigenvalue weighted by atomic mass is 14.4. The molecule has 1 aliphatic carbocycles. The fourth-order valence-electron chi connectivity index (χ4n) is 3.08. The van der Waals surface area contributed by atoms with Gasteiger partial charge in [0.05, 0.1) is 0 Å². The van der Waals surface area contributed by atoms with Gasteiger partial charge in [0, 0.05) is 5.41 Å². The number of hydrogen-bond donors (Lipinski definition) is 0. The van der Waals surface area contributed by atoms with Crippen molar-refractivity contribution in [2.45, 2.75) is 33.1 Å². The summed E-state index contributed by atoms with van der Waals surface area (Å²) in [4.78, 5) is 0. The van der Waals surface area contributed by atoms with Gasteiger partial charge in [-0.3, -0.25) is 0 Å². The molecule has 0 saturated carbocycles. The Hall–Kier alpha value is -1.56. The third kappa shape index (κ3) is 1.30. The average molecular weight is 222 g/mol. The number of aryl methyl sites for hydroxylation is 2. The molecule has 0 atom stereocenters. The van der Waals surface area contributed by atoms with Crippen molar-refractivity contribution in [1.29, 1.82) is 0 Å². The Balaban J connectivity index is 2.43. The Kier molecular flexibility index (Phi) is 2.01. The lowest BCUT2D eigenvalue weighted by Gasteiger charge is -2.21. The van der Waals surface area contributed by atoms with Gasteiger partial charge in [0.25, 0.3) is 0 Å². The standard InChI is InChI=1S/C17H18/c1-11-8-9-13-15(10-11)17(3,4)14-7-5-6-12(2)16(13)14/h5-10H,1-4H3. The van der Waals surface area contributed by atoms with Gasteiger partial charge in [-0.25, -0.2) is 0 Å². The summed E-state index contributed by atoms with van der Waals surface area (Å²) in [5, 5.41) is 0. The maximum Gasteiger partial charge on any atom is 0.0159 e. The van der Waals surface area contributed by atoms with E-state index in [4.69, 9.17) is 0 Å². The Labute approximate surface area is 103 Å². The lowest BCUT2D eigenvalue weighted by Crippen LogP contribution is -2.15. The Morgan fingerprint density at radius 3 is 2.41 bits per heavy atom. The summed E-state index contributed by atoms with van der Waals surface area (Å²) in [7, 11) is 0. The predicted molar refractivity (Wildman–Crippen MR) is 73.5 cm³/mol. The highest BCUT2D eigenvalue weighted by molar-refractivity contribution is 5.83. The van der Waals surface area contributed by atoms with E-state index in [1.54, 1.807) is 0 Å². The summed E-state index contributed by atoms with van der Waals surface area (Å²) in [6.07, 6.45) is 0. The molecule has 86 valence electrons. The second-order valence-corrected chi connectivity index (χ2v) is 5.67. The number of hydrogen-bond acceptors (Lipinski definition) is 0. The molecule has 1 aliphatic rings. The molecule has 0 unspecified atom stereocenters. The van der Waals surface area contributed by atoms with Crippen molar-refractivity contribution in [3.8, 4) is 11.1 Å². The Morgan fingerprint density at radius 2 is 1.65 bits per heavy atom. The minimum atomic E-state index is 0.142. The molecule has 0 saturated heterocycles. The van der Waals surface area contributed by atoms with Crippen molar-refractivity contribution in [1.82, 2.24) is 0 Å². The molecule has 0 heterocycles. The monoisotopic (exact) mass is 222 g/mol. The van der Waals surface area contributed by atoms with E-state index in [0.717, 1.165) is 0 Å². The lowest BCUT2D eigenvalue weighted by molar-refractivity contribution is 0.659. The van der Waals surface area contributed by atoms with Crippen LogP contribution in [0.4, 0.5) is 0 Å². The van der Waals surface area contributed by atoms with E-state index in [-0.39, 0.29) is 5.41 Å². The minimum absolute atomic E-state index is 0.142. The SMILES string of the molecule is Cc1ccc2c(c1)C(C)(C)c1cccc(C)c1-2. The summed E-state index contributed by atoms with van der Waals surface area (Å²) in [6.45, 7) is 9.04. The summed E-state index contributed by atoms with van der Waals surface area (Å²) in [5.74, 6) is 0. The molecule has 2 aromatic carbocycles. The van der Waals surface area contributed by atoms with Crippen LogP contribution in [0.1, 0.15) is 36.1 Å². The maximum atomic E-state index is 2.34. The van der Waals surface area contributed by atoms with Crippen molar-refractivity contribution < 1.29 is 0 Å². The first-order valence-electron chi connectivity index (χ1n) is 6.23. The lowest BCUT2D eigenvalue weighted by atomic mass is 9.82. The summed E-state index contributed by atoms with van der Waals surface area (Å²) >= 11 is 0. The van der Waals surface area contributed by atoms with Crippen molar-refractivity contribution in [3.05, 3.63) is 58.7 Å². The van der Waals surface area contributed by atoms with Crippen LogP contribution in [-0.2, 0) is 5.41 Å². The van der Waals surface area contributed by atoms with Gasteiger partial charge in [-0.2, -0.15) is 0 Å². The van der Waals surface area contributed by atoms with Crippen LogP contribution in [-0.4, -0.2) is 0 Å². The van der Waals surface area contributed by atoms with Crippen molar-refractivity contribution >= 4 is 0 Å². The van der Waals surface area contributed by atoms with Crippen LogP contribution >= 0.6 is 0 Å². The smallest absolute Gasteiger partial charge is 0.0159 e. The van der Waals surface area contributed by atoms with E-state index < -0.39 is 0 Å². The first kappa shape index (κ1) is 10.6. The van der Waals surface area contributed by atoms with Crippen LogP contribution < -0.4 is 0 Å². The minimum Gasteiger partial charge on any atom is -0.0617 e. The molecule has 0 aliphatic heterocycles. The topological polar surface area (TPSA) is 0 Å². The number of fused-ring (bicyclic) bond motifs is 3. The van der Waals surface area contributed by atoms with Crippen molar-refractivity contribution in [2.75, 3.05) is 0 Å². The molecular formula is C17H18. The molecule has 0 heteroatoms. The Bertz CT molecular complexity index is 603. The second-order valence-electron chi connectivity index (χ2n) is 5.67. The van der Waals surface area contributed by atoms with Crippen LogP contribution in [0.15, 0.2) is 36.4 Å².